The summed E-state index contributed by atoms with van der Waals surface area (Å²) in [7, 11) is 1.25. The van der Waals surface area contributed by atoms with Crippen molar-refractivity contribution in [2.75, 3.05) is 7.11 Å². The monoisotopic (exact) mass is 214 g/mol. The highest BCUT2D eigenvalue weighted by atomic mass is 35.5. The average Bonchev–Trinajstić information content (AvgIpc) is 2.17. The van der Waals surface area contributed by atoms with Crippen LogP contribution in [0, 0.1) is 0 Å². The Kier molecular flexibility index (Phi) is 3.41. The number of halogens is 1. The van der Waals surface area contributed by atoms with Crippen molar-refractivity contribution in [3.63, 3.8) is 0 Å². The Morgan fingerprint density at radius 2 is 2.50 bits per heavy atom. The Bertz CT molecular complexity index is 379. The van der Waals surface area contributed by atoms with Crippen LogP contribution in [-0.4, -0.2) is 29.5 Å². The molecule has 0 aliphatic rings. The molecule has 14 heavy (non-hydrogen) atoms. The standard InChI is InChI=1S/C8H7ClN2O3/c1-14-8(12)6-4-10-7(9)2-5(6)3-11-13/h2-4,13H,1H3. The molecule has 1 heterocycles. The van der Waals surface area contributed by atoms with Crippen LogP contribution < -0.4 is 0 Å². The molecular formula is C8H7ClN2O3. The minimum atomic E-state index is -0.566. The predicted octanol–water partition coefficient (Wildman–Crippen LogP) is 1.33. The van der Waals surface area contributed by atoms with Crippen LogP contribution in [0.2, 0.25) is 5.15 Å². The molecule has 0 aliphatic carbocycles. The zero-order valence-corrected chi connectivity index (χ0v) is 8.02. The first-order valence-corrected chi connectivity index (χ1v) is 3.98. The van der Waals surface area contributed by atoms with E-state index in [2.05, 4.69) is 14.9 Å². The van der Waals surface area contributed by atoms with Crippen LogP contribution in [0.4, 0.5) is 0 Å². The molecule has 0 atom stereocenters. The molecule has 0 unspecified atom stereocenters. The van der Waals surface area contributed by atoms with Crippen LogP contribution in [-0.2, 0) is 4.74 Å². The summed E-state index contributed by atoms with van der Waals surface area (Å²) in [5.41, 5.74) is 0.536. The summed E-state index contributed by atoms with van der Waals surface area (Å²) in [4.78, 5) is 14.9. The number of aromatic nitrogens is 1. The van der Waals surface area contributed by atoms with Crippen molar-refractivity contribution in [2.24, 2.45) is 5.16 Å². The topological polar surface area (TPSA) is 71.8 Å². The quantitative estimate of drug-likeness (QED) is 0.265. The molecule has 1 aromatic heterocycles. The molecule has 0 aliphatic heterocycles. The highest BCUT2D eigenvalue weighted by Gasteiger charge is 2.11. The maximum Gasteiger partial charge on any atom is 0.340 e. The van der Waals surface area contributed by atoms with E-state index in [-0.39, 0.29) is 10.7 Å². The summed E-state index contributed by atoms with van der Waals surface area (Å²) < 4.78 is 4.50. The third-order valence-corrected chi connectivity index (χ3v) is 1.71. The van der Waals surface area contributed by atoms with Gasteiger partial charge in [-0.05, 0) is 6.07 Å². The first-order valence-electron chi connectivity index (χ1n) is 3.60. The third-order valence-electron chi connectivity index (χ3n) is 1.50. The van der Waals surface area contributed by atoms with E-state index < -0.39 is 5.97 Å². The van der Waals surface area contributed by atoms with Gasteiger partial charge in [0.25, 0.3) is 0 Å². The number of rotatable bonds is 2. The van der Waals surface area contributed by atoms with E-state index in [9.17, 15) is 4.79 Å². The molecule has 1 aromatic rings. The van der Waals surface area contributed by atoms with E-state index in [4.69, 9.17) is 16.8 Å². The molecule has 5 nitrogen and oxygen atoms in total. The summed E-state index contributed by atoms with van der Waals surface area (Å²) in [6.07, 6.45) is 2.34. The molecule has 0 saturated heterocycles. The predicted molar refractivity (Wildman–Crippen MR) is 50.0 cm³/mol. The molecule has 0 radical (unpaired) electrons. The van der Waals surface area contributed by atoms with Crippen molar-refractivity contribution in [1.29, 1.82) is 0 Å². The maximum absolute atomic E-state index is 11.2. The second-order valence-corrected chi connectivity index (χ2v) is 2.72. The van der Waals surface area contributed by atoms with Crippen LogP contribution in [0.15, 0.2) is 17.4 Å². The molecule has 1 N–H and O–H groups in total. The summed E-state index contributed by atoms with van der Waals surface area (Å²) in [5.74, 6) is -0.566. The van der Waals surface area contributed by atoms with Crippen LogP contribution in [0.25, 0.3) is 0 Å². The molecule has 6 heteroatoms. The van der Waals surface area contributed by atoms with Gasteiger partial charge in [0.05, 0.1) is 18.9 Å². The van der Waals surface area contributed by atoms with Gasteiger partial charge in [-0.25, -0.2) is 9.78 Å². The van der Waals surface area contributed by atoms with E-state index in [1.807, 2.05) is 0 Å². The van der Waals surface area contributed by atoms with Gasteiger partial charge in [0.1, 0.15) is 5.15 Å². The summed E-state index contributed by atoms with van der Waals surface area (Å²) in [5, 5.41) is 11.3. The Labute approximate surface area is 85.0 Å². The lowest BCUT2D eigenvalue weighted by atomic mass is 10.1. The number of methoxy groups -OCH3 is 1. The minimum absolute atomic E-state index is 0.190. The Balaban J connectivity index is 3.21. The van der Waals surface area contributed by atoms with Gasteiger partial charge in [-0.1, -0.05) is 16.8 Å². The number of oxime groups is 1. The van der Waals surface area contributed by atoms with Crippen molar-refractivity contribution in [1.82, 2.24) is 4.98 Å². The Morgan fingerprint density at radius 1 is 1.79 bits per heavy atom. The number of pyridine rings is 1. The van der Waals surface area contributed by atoms with Gasteiger partial charge in [-0.2, -0.15) is 0 Å². The third kappa shape index (κ3) is 2.20. The molecule has 0 spiro atoms. The van der Waals surface area contributed by atoms with E-state index in [1.54, 1.807) is 0 Å². The van der Waals surface area contributed by atoms with Crippen molar-refractivity contribution in [3.05, 3.63) is 28.5 Å². The van der Waals surface area contributed by atoms with Crippen LogP contribution in [0.3, 0.4) is 0 Å². The second kappa shape index (κ2) is 4.57. The molecule has 0 aromatic carbocycles. The Morgan fingerprint density at radius 3 is 3.07 bits per heavy atom. The van der Waals surface area contributed by atoms with Gasteiger partial charge >= 0.3 is 5.97 Å². The van der Waals surface area contributed by atoms with Gasteiger partial charge in [-0.3, -0.25) is 0 Å². The molecule has 0 bridgehead atoms. The first kappa shape index (κ1) is 10.5. The summed E-state index contributed by atoms with van der Waals surface area (Å²) in [6, 6.07) is 1.40. The zero-order valence-electron chi connectivity index (χ0n) is 7.27. The van der Waals surface area contributed by atoms with Gasteiger partial charge < -0.3 is 9.94 Å². The highest BCUT2D eigenvalue weighted by molar-refractivity contribution is 6.29. The number of nitrogens with zero attached hydrogens (tertiary/aromatic N) is 2. The van der Waals surface area contributed by atoms with Crippen molar-refractivity contribution < 1.29 is 14.7 Å². The largest absolute Gasteiger partial charge is 0.465 e. The normalized spacial score (nSPS) is 10.4. The van der Waals surface area contributed by atoms with Crippen molar-refractivity contribution >= 4 is 23.8 Å². The fraction of sp³-hybridized carbons (Fsp3) is 0.125. The van der Waals surface area contributed by atoms with E-state index in [1.165, 1.54) is 19.4 Å². The number of carbonyl (C=O) groups excluding carboxylic acids is 1. The number of hydrogen-bond acceptors (Lipinski definition) is 5. The molecule has 74 valence electrons. The summed E-state index contributed by atoms with van der Waals surface area (Å²) >= 11 is 5.59. The lowest BCUT2D eigenvalue weighted by molar-refractivity contribution is 0.0600. The fourth-order valence-electron chi connectivity index (χ4n) is 0.894. The Hall–Kier alpha value is -1.62. The molecule has 0 amide bonds. The van der Waals surface area contributed by atoms with Crippen molar-refractivity contribution in [3.8, 4) is 0 Å². The van der Waals surface area contributed by atoms with E-state index in [0.29, 0.717) is 5.56 Å². The lowest BCUT2D eigenvalue weighted by Gasteiger charge is -2.02. The smallest absolute Gasteiger partial charge is 0.340 e. The molecular weight excluding hydrogens is 208 g/mol. The average molecular weight is 215 g/mol. The number of hydrogen-bond donors (Lipinski definition) is 1. The maximum atomic E-state index is 11.2. The van der Waals surface area contributed by atoms with E-state index >= 15 is 0 Å². The molecule has 0 saturated carbocycles. The van der Waals surface area contributed by atoms with Gasteiger partial charge in [-0.15, -0.1) is 0 Å². The van der Waals surface area contributed by atoms with Crippen molar-refractivity contribution in [2.45, 2.75) is 0 Å². The lowest BCUT2D eigenvalue weighted by Crippen LogP contribution is -2.06. The highest BCUT2D eigenvalue weighted by Crippen LogP contribution is 2.12. The van der Waals surface area contributed by atoms with Crippen LogP contribution in [0.5, 0.6) is 0 Å². The minimum Gasteiger partial charge on any atom is -0.465 e. The van der Waals surface area contributed by atoms with E-state index in [0.717, 1.165) is 6.21 Å². The number of carbonyl (C=O) groups is 1. The number of ether oxygens (including phenoxy) is 1. The molecule has 0 fully saturated rings. The van der Waals surface area contributed by atoms with Gasteiger partial charge in [0.15, 0.2) is 0 Å². The summed E-state index contributed by atoms with van der Waals surface area (Å²) in [6.45, 7) is 0. The van der Waals surface area contributed by atoms with Crippen LogP contribution in [0.1, 0.15) is 15.9 Å². The SMILES string of the molecule is COC(=O)c1cnc(Cl)cc1C=NO. The molecule has 1 rings (SSSR count). The van der Waals surface area contributed by atoms with Gasteiger partial charge in [0, 0.05) is 11.8 Å². The second-order valence-electron chi connectivity index (χ2n) is 2.33. The fourth-order valence-corrected chi connectivity index (χ4v) is 1.06. The zero-order chi connectivity index (χ0) is 10.6. The van der Waals surface area contributed by atoms with Crippen LogP contribution >= 0.6 is 11.6 Å². The first-order chi connectivity index (χ1) is 6.69. The van der Waals surface area contributed by atoms with Gasteiger partial charge in [0.2, 0.25) is 0 Å². The number of esters is 1.